The number of aliphatic hydroxyl groups is 2. The lowest BCUT2D eigenvalue weighted by Crippen LogP contribution is -2.39. The number of ether oxygens (including phenoxy) is 4. The number of rotatable bonds is 15. The van der Waals surface area contributed by atoms with Gasteiger partial charge in [0.15, 0.2) is 29.5 Å². The molecule has 2 aromatic rings. The molecule has 1 fully saturated rings. The SMILES string of the molecule is C/C=C(/c1ccc(OC(C)F)c(F)c1F)N1C=CN=C(Nc2ccc(C(=O)CC)c(CC)c2)/C1=C\C.CCCOCCOC1CC(O)CC(CO)O1. The van der Waals surface area contributed by atoms with E-state index in [4.69, 9.17) is 24.1 Å². The van der Waals surface area contributed by atoms with Gasteiger partial charge in [-0.2, -0.15) is 4.39 Å². The second-order valence-electron chi connectivity index (χ2n) is 12.0. The van der Waals surface area contributed by atoms with E-state index in [1.165, 1.54) is 12.1 Å². The van der Waals surface area contributed by atoms with Crippen molar-refractivity contribution in [1.29, 1.82) is 0 Å². The van der Waals surface area contributed by atoms with Crippen molar-refractivity contribution < 1.29 is 47.1 Å². The molecule has 13 heteroatoms. The largest absolute Gasteiger partial charge is 0.458 e. The topological polar surface area (TPSA) is 122 Å². The van der Waals surface area contributed by atoms with Crippen LogP contribution in [-0.4, -0.2) is 78.0 Å². The van der Waals surface area contributed by atoms with Crippen LogP contribution in [-0.2, 0) is 20.6 Å². The molecule has 2 aliphatic heterocycles. The smallest absolute Gasteiger partial charge is 0.235 e. The Balaban J connectivity index is 0.000000381. The van der Waals surface area contributed by atoms with Crippen LogP contribution in [0.15, 0.2) is 65.6 Å². The third-order valence-electron chi connectivity index (χ3n) is 8.14. The zero-order chi connectivity index (χ0) is 38.2. The highest BCUT2D eigenvalue weighted by Gasteiger charge is 2.28. The maximum atomic E-state index is 15.0. The summed E-state index contributed by atoms with van der Waals surface area (Å²) >= 11 is 0. The minimum absolute atomic E-state index is 0.0187. The number of allylic oxidation sites excluding steroid dienone is 2. The van der Waals surface area contributed by atoms with Crippen LogP contribution < -0.4 is 10.1 Å². The summed E-state index contributed by atoms with van der Waals surface area (Å²) in [4.78, 5) is 18.4. The van der Waals surface area contributed by atoms with Gasteiger partial charge in [-0.3, -0.25) is 4.79 Å². The Hall–Kier alpha value is -4.01. The predicted octanol–water partition coefficient (Wildman–Crippen LogP) is 7.66. The van der Waals surface area contributed by atoms with Gasteiger partial charge in [0.2, 0.25) is 12.2 Å². The summed E-state index contributed by atoms with van der Waals surface area (Å²) in [5.74, 6) is -2.34. The van der Waals surface area contributed by atoms with E-state index in [0.717, 1.165) is 31.2 Å². The van der Waals surface area contributed by atoms with E-state index in [-0.39, 0.29) is 24.1 Å². The highest BCUT2D eigenvalue weighted by molar-refractivity contribution is 6.09. The number of nitrogens with zero attached hydrogens (tertiary/aromatic N) is 2. The Morgan fingerprint density at radius 2 is 1.85 bits per heavy atom. The Bertz CT molecular complexity index is 1590. The quantitative estimate of drug-likeness (QED) is 0.125. The normalized spacial score (nSPS) is 20.2. The molecule has 2 aromatic carbocycles. The molecule has 0 bridgehead atoms. The minimum Gasteiger partial charge on any atom is -0.458 e. The number of aryl methyl sites for hydroxylation is 1. The highest BCUT2D eigenvalue weighted by Crippen LogP contribution is 2.33. The van der Waals surface area contributed by atoms with E-state index in [0.29, 0.717) is 61.7 Å². The zero-order valence-electron chi connectivity index (χ0n) is 30.8. The Kier molecular flexibility index (Phi) is 17.5. The summed E-state index contributed by atoms with van der Waals surface area (Å²) in [5.41, 5.74) is 3.32. The first-order valence-corrected chi connectivity index (χ1v) is 17.7. The van der Waals surface area contributed by atoms with Crippen LogP contribution in [0.3, 0.4) is 0 Å². The molecule has 3 N–H and O–H groups in total. The third kappa shape index (κ3) is 11.8. The molecule has 10 nitrogen and oxygen atoms in total. The van der Waals surface area contributed by atoms with Crippen molar-refractivity contribution in [2.24, 2.45) is 4.99 Å². The third-order valence-corrected chi connectivity index (χ3v) is 8.14. The van der Waals surface area contributed by atoms with Gasteiger partial charge in [0.25, 0.3) is 0 Å². The van der Waals surface area contributed by atoms with E-state index in [1.54, 1.807) is 42.4 Å². The van der Waals surface area contributed by atoms with E-state index >= 15 is 4.39 Å². The number of hydrogen-bond donors (Lipinski definition) is 3. The molecule has 2 aliphatic rings. The van der Waals surface area contributed by atoms with Crippen molar-refractivity contribution in [2.45, 2.75) is 98.5 Å². The molecule has 2 heterocycles. The van der Waals surface area contributed by atoms with Crippen LogP contribution in [0.25, 0.3) is 5.70 Å². The van der Waals surface area contributed by atoms with Crippen LogP contribution in [0.4, 0.5) is 18.9 Å². The number of Topliss-reactive ketones (excluding diaryl/α,β-unsaturated/α-hetero) is 1. The van der Waals surface area contributed by atoms with Crippen molar-refractivity contribution in [3.8, 4) is 5.75 Å². The van der Waals surface area contributed by atoms with Gasteiger partial charge in [0.05, 0.1) is 43.4 Å². The molecule has 0 aromatic heterocycles. The lowest BCUT2D eigenvalue weighted by Gasteiger charge is -2.31. The average molecular weight is 732 g/mol. The molecule has 286 valence electrons. The molecule has 4 rings (SSSR count). The molecule has 0 saturated carbocycles. The van der Waals surface area contributed by atoms with Crippen molar-refractivity contribution in [2.75, 3.05) is 31.7 Å². The molecule has 0 radical (unpaired) electrons. The molecule has 1 saturated heterocycles. The standard InChI is InChI=1S/C28H30F3N3O2.C11H22O5/c1-6-18-16-19(10-11-20(18)24(35)9-4)33-28-23(8-3)34(15-14-32-28)22(7-2)21-12-13-25(36-17(5)29)27(31)26(21)30;1-2-3-14-4-5-15-11-7-9(13)6-10(8-12)16-11/h7-8,10-17H,6,9H2,1-5H3,(H,32,33);9-13H,2-8H2,1H3/b22-7-,23-8+;. The maximum Gasteiger partial charge on any atom is 0.235 e. The average Bonchev–Trinajstić information content (AvgIpc) is 3.14. The molecular formula is C39H52F3N3O7. The molecule has 4 atom stereocenters. The summed E-state index contributed by atoms with van der Waals surface area (Å²) in [6.07, 6.45) is 6.71. The molecular weight excluding hydrogens is 679 g/mol. The number of nitrogens with one attached hydrogen (secondary N) is 1. The van der Waals surface area contributed by atoms with Crippen molar-refractivity contribution >= 4 is 23.0 Å². The number of aliphatic imine (C=N–C) groups is 1. The summed E-state index contributed by atoms with van der Waals surface area (Å²) in [7, 11) is 0. The number of alkyl halides is 1. The highest BCUT2D eigenvalue weighted by atomic mass is 19.2. The lowest BCUT2D eigenvalue weighted by molar-refractivity contribution is -0.225. The fourth-order valence-electron chi connectivity index (χ4n) is 5.66. The minimum atomic E-state index is -1.78. The number of carbonyl (C=O) groups excluding carboxylic acids is 1. The van der Waals surface area contributed by atoms with Gasteiger partial charge >= 0.3 is 0 Å². The van der Waals surface area contributed by atoms with Gasteiger partial charge in [0.1, 0.15) is 0 Å². The van der Waals surface area contributed by atoms with Gasteiger partial charge in [-0.15, -0.1) is 0 Å². The van der Waals surface area contributed by atoms with Gasteiger partial charge in [-0.05, 0) is 62.6 Å². The lowest BCUT2D eigenvalue weighted by atomic mass is 9.99. The number of anilines is 1. The Morgan fingerprint density at radius 3 is 2.48 bits per heavy atom. The number of carbonyl (C=O) groups is 1. The summed E-state index contributed by atoms with van der Waals surface area (Å²) in [6.45, 7) is 12.1. The first-order valence-electron chi connectivity index (χ1n) is 17.7. The van der Waals surface area contributed by atoms with Crippen LogP contribution in [0.5, 0.6) is 5.75 Å². The number of amidine groups is 1. The molecule has 4 unspecified atom stereocenters. The first kappa shape index (κ1) is 42.4. The number of hydrogen-bond acceptors (Lipinski definition) is 10. The zero-order valence-corrected chi connectivity index (χ0v) is 30.8. The summed E-state index contributed by atoms with van der Waals surface area (Å²) < 4.78 is 63.6. The summed E-state index contributed by atoms with van der Waals surface area (Å²) in [5, 5.41) is 21.7. The second-order valence-corrected chi connectivity index (χ2v) is 12.0. The predicted molar refractivity (Wildman–Crippen MR) is 195 cm³/mol. The van der Waals surface area contributed by atoms with Gasteiger partial charge in [0, 0.05) is 62.0 Å². The second kappa shape index (κ2) is 21.5. The molecule has 0 amide bonds. The molecule has 0 aliphatic carbocycles. The van der Waals surface area contributed by atoms with Crippen molar-refractivity contribution in [1.82, 2.24) is 4.90 Å². The summed E-state index contributed by atoms with van der Waals surface area (Å²) in [6, 6.07) is 8.09. The van der Waals surface area contributed by atoms with Gasteiger partial charge < -0.3 is 39.4 Å². The monoisotopic (exact) mass is 731 g/mol. The van der Waals surface area contributed by atoms with Crippen LogP contribution in [0.2, 0.25) is 0 Å². The number of benzene rings is 2. The van der Waals surface area contributed by atoms with E-state index in [2.05, 4.69) is 10.3 Å². The first-order chi connectivity index (χ1) is 25.0. The fraction of sp³-hybridized carbons (Fsp3) is 0.487. The Morgan fingerprint density at radius 1 is 1.10 bits per heavy atom. The van der Waals surface area contributed by atoms with E-state index in [1.807, 2.05) is 39.8 Å². The van der Waals surface area contributed by atoms with Gasteiger partial charge in [-0.25, -0.2) is 13.8 Å². The maximum absolute atomic E-state index is 15.0. The van der Waals surface area contributed by atoms with Crippen LogP contribution >= 0.6 is 0 Å². The fourth-order valence-corrected chi connectivity index (χ4v) is 5.66. The van der Waals surface area contributed by atoms with Crippen molar-refractivity contribution in [3.05, 3.63) is 88.9 Å². The Labute approximate surface area is 304 Å². The molecule has 0 spiro atoms. The van der Waals surface area contributed by atoms with E-state index < -0.39 is 36.1 Å². The number of aliphatic hydroxyl groups excluding tert-OH is 2. The molecule has 52 heavy (non-hydrogen) atoms. The van der Waals surface area contributed by atoms with E-state index in [9.17, 15) is 18.7 Å². The van der Waals surface area contributed by atoms with Crippen LogP contribution in [0, 0.1) is 11.6 Å². The van der Waals surface area contributed by atoms with Crippen LogP contribution in [0.1, 0.15) is 88.7 Å². The number of ketones is 1. The van der Waals surface area contributed by atoms with Crippen molar-refractivity contribution in [3.63, 3.8) is 0 Å². The van der Waals surface area contributed by atoms with Gasteiger partial charge in [-0.1, -0.05) is 32.9 Å². The number of halogens is 3.